The van der Waals surface area contributed by atoms with E-state index < -0.39 is 10.0 Å². The molecule has 1 heterocycles. The molecule has 2 rings (SSSR count). The Kier molecular flexibility index (Phi) is 7.05. The lowest BCUT2D eigenvalue weighted by molar-refractivity contribution is -0.895. The van der Waals surface area contributed by atoms with Crippen LogP contribution in [0.25, 0.3) is 0 Å². The van der Waals surface area contributed by atoms with E-state index in [1.54, 1.807) is 12.1 Å². The van der Waals surface area contributed by atoms with Crippen molar-refractivity contribution in [2.45, 2.75) is 57.4 Å². The second-order valence-electron chi connectivity index (χ2n) is 8.48. The number of quaternary nitrogens is 1. The van der Waals surface area contributed by atoms with Gasteiger partial charge in [-0.15, -0.1) is 0 Å². The summed E-state index contributed by atoms with van der Waals surface area (Å²) in [5, 5.41) is 2.97. The maximum absolute atomic E-state index is 12.9. The number of hydrogen-bond acceptors (Lipinski definition) is 3. The van der Waals surface area contributed by atoms with Crippen molar-refractivity contribution in [3.05, 3.63) is 29.8 Å². The largest absolute Gasteiger partial charge is 0.349 e. The number of hydrogen-bond donors (Lipinski definition) is 2. The van der Waals surface area contributed by atoms with Crippen LogP contribution in [0.2, 0.25) is 0 Å². The Bertz CT molecular complexity index is 731. The highest BCUT2D eigenvalue weighted by molar-refractivity contribution is 7.89. The minimum Gasteiger partial charge on any atom is -0.349 e. The van der Waals surface area contributed by atoms with E-state index in [-0.39, 0.29) is 17.4 Å². The maximum Gasteiger partial charge on any atom is 0.275 e. The van der Waals surface area contributed by atoms with Crippen LogP contribution < -0.4 is 10.2 Å². The quantitative estimate of drug-likeness (QED) is 0.747. The zero-order chi connectivity index (χ0) is 20.2. The summed E-state index contributed by atoms with van der Waals surface area (Å²) in [4.78, 5) is 13.5. The Morgan fingerprint density at radius 3 is 2.22 bits per heavy atom. The van der Waals surface area contributed by atoms with Gasteiger partial charge in [0.05, 0.1) is 31.1 Å². The van der Waals surface area contributed by atoms with Gasteiger partial charge in [-0.1, -0.05) is 39.8 Å². The number of piperazine rings is 1. The van der Waals surface area contributed by atoms with Gasteiger partial charge in [0, 0.05) is 6.04 Å². The predicted molar refractivity (Wildman–Crippen MR) is 107 cm³/mol. The van der Waals surface area contributed by atoms with Crippen LogP contribution in [0, 0.1) is 0 Å². The summed E-state index contributed by atoms with van der Waals surface area (Å²) < 4.78 is 27.3. The second kappa shape index (κ2) is 8.71. The molecule has 152 valence electrons. The van der Waals surface area contributed by atoms with Crippen LogP contribution in [-0.2, 0) is 20.2 Å². The Morgan fingerprint density at radius 2 is 1.74 bits per heavy atom. The molecule has 0 aromatic heterocycles. The zero-order valence-electron chi connectivity index (χ0n) is 17.2. The summed E-state index contributed by atoms with van der Waals surface area (Å²) in [6.45, 7) is 12.9. The van der Waals surface area contributed by atoms with Crippen molar-refractivity contribution in [2.24, 2.45) is 0 Å². The Morgan fingerprint density at radius 1 is 1.19 bits per heavy atom. The fraction of sp³-hybridized carbons (Fsp3) is 0.650. The molecule has 0 saturated carbocycles. The minimum atomic E-state index is -3.48. The fourth-order valence-electron chi connectivity index (χ4n) is 3.15. The first-order chi connectivity index (χ1) is 12.5. The standard InChI is InChI=1S/C20H33N3O3S/c1-6-16(2)21-19(24)15-22-11-13-23(14-12-22)27(25,26)18-9-7-17(8-10-18)20(3,4)5/h7-10,16H,6,11-15H2,1-5H3,(H,21,24)/p+1/t16-/m0/s1. The van der Waals surface area contributed by atoms with Crippen LogP contribution in [0.4, 0.5) is 0 Å². The van der Waals surface area contributed by atoms with Crippen LogP contribution in [-0.4, -0.2) is 57.4 Å². The van der Waals surface area contributed by atoms with E-state index in [1.807, 2.05) is 26.0 Å². The zero-order valence-corrected chi connectivity index (χ0v) is 18.0. The van der Waals surface area contributed by atoms with E-state index in [9.17, 15) is 13.2 Å². The summed E-state index contributed by atoms with van der Waals surface area (Å²) in [6, 6.07) is 7.37. The third kappa shape index (κ3) is 5.77. The van der Waals surface area contributed by atoms with Crippen LogP contribution in [0.5, 0.6) is 0 Å². The minimum absolute atomic E-state index is 0.00682. The average Bonchev–Trinajstić information content (AvgIpc) is 2.61. The highest BCUT2D eigenvalue weighted by Crippen LogP contribution is 2.24. The first-order valence-corrected chi connectivity index (χ1v) is 11.2. The van der Waals surface area contributed by atoms with Crippen LogP contribution >= 0.6 is 0 Å². The average molecular weight is 397 g/mol. The molecule has 0 bridgehead atoms. The molecule has 1 atom stereocenters. The van der Waals surface area contributed by atoms with Gasteiger partial charge in [0.2, 0.25) is 10.0 Å². The molecule has 27 heavy (non-hydrogen) atoms. The number of carbonyl (C=O) groups is 1. The van der Waals surface area contributed by atoms with Gasteiger partial charge in [-0.05, 0) is 36.5 Å². The molecule has 1 aromatic rings. The molecule has 7 heteroatoms. The molecule has 1 amide bonds. The Labute approximate surface area is 164 Å². The fourth-order valence-corrected chi connectivity index (χ4v) is 4.59. The van der Waals surface area contributed by atoms with Crippen molar-refractivity contribution in [3.63, 3.8) is 0 Å². The number of benzene rings is 1. The summed E-state index contributed by atoms with van der Waals surface area (Å²) in [6.07, 6.45) is 0.904. The SMILES string of the molecule is CC[C@H](C)NC(=O)C[NH+]1CCN(S(=O)(=O)c2ccc(C(C)(C)C)cc2)CC1. The van der Waals surface area contributed by atoms with Crippen molar-refractivity contribution in [1.29, 1.82) is 0 Å². The highest BCUT2D eigenvalue weighted by atomic mass is 32.2. The summed E-state index contributed by atoms with van der Waals surface area (Å²) >= 11 is 0. The maximum atomic E-state index is 12.9. The number of amides is 1. The molecule has 6 nitrogen and oxygen atoms in total. The molecule has 1 aliphatic heterocycles. The molecule has 1 saturated heterocycles. The molecule has 1 aromatic carbocycles. The van der Waals surface area contributed by atoms with Gasteiger partial charge < -0.3 is 10.2 Å². The predicted octanol–water partition coefficient (Wildman–Crippen LogP) is 0.788. The molecular weight excluding hydrogens is 362 g/mol. The van der Waals surface area contributed by atoms with Crippen LogP contribution in [0.3, 0.4) is 0 Å². The second-order valence-corrected chi connectivity index (χ2v) is 10.4. The summed E-state index contributed by atoms with van der Waals surface area (Å²) in [5.74, 6) is 0.0356. The molecule has 0 unspecified atom stereocenters. The lowest BCUT2D eigenvalue weighted by atomic mass is 9.87. The van der Waals surface area contributed by atoms with Crippen molar-refractivity contribution < 1.29 is 18.1 Å². The van der Waals surface area contributed by atoms with E-state index in [0.717, 1.165) is 16.9 Å². The summed E-state index contributed by atoms with van der Waals surface area (Å²) in [5.41, 5.74) is 1.11. The van der Waals surface area contributed by atoms with Gasteiger partial charge >= 0.3 is 0 Å². The van der Waals surface area contributed by atoms with Crippen molar-refractivity contribution in [3.8, 4) is 0 Å². The van der Waals surface area contributed by atoms with Gasteiger partial charge in [0.1, 0.15) is 0 Å². The van der Waals surface area contributed by atoms with E-state index in [2.05, 4.69) is 26.1 Å². The first kappa shape index (κ1) is 21.9. The number of rotatable bonds is 6. The van der Waals surface area contributed by atoms with E-state index >= 15 is 0 Å². The molecule has 1 aliphatic rings. The normalized spacial score (nSPS) is 18.3. The van der Waals surface area contributed by atoms with Crippen molar-refractivity contribution in [2.75, 3.05) is 32.7 Å². The van der Waals surface area contributed by atoms with Gasteiger partial charge in [-0.25, -0.2) is 8.42 Å². The molecule has 0 aliphatic carbocycles. The highest BCUT2D eigenvalue weighted by Gasteiger charge is 2.31. The van der Waals surface area contributed by atoms with Gasteiger partial charge in [0.25, 0.3) is 5.91 Å². The van der Waals surface area contributed by atoms with Crippen LogP contribution in [0.15, 0.2) is 29.2 Å². The number of nitrogens with one attached hydrogen (secondary N) is 2. The molecule has 1 fully saturated rings. The number of sulfonamides is 1. The van der Waals surface area contributed by atoms with Gasteiger partial charge in [-0.3, -0.25) is 4.79 Å². The Hall–Kier alpha value is -1.44. The van der Waals surface area contributed by atoms with E-state index in [4.69, 9.17) is 0 Å². The van der Waals surface area contributed by atoms with E-state index in [0.29, 0.717) is 37.6 Å². The molecule has 2 N–H and O–H groups in total. The lowest BCUT2D eigenvalue weighted by Gasteiger charge is -2.31. The lowest BCUT2D eigenvalue weighted by Crippen LogP contribution is -3.15. The van der Waals surface area contributed by atoms with E-state index in [1.165, 1.54) is 4.31 Å². The number of nitrogens with zero attached hydrogens (tertiary/aromatic N) is 1. The molecule has 0 spiro atoms. The van der Waals surface area contributed by atoms with Crippen molar-refractivity contribution >= 4 is 15.9 Å². The van der Waals surface area contributed by atoms with Gasteiger partial charge in [-0.2, -0.15) is 4.31 Å². The number of carbonyl (C=O) groups excluding carboxylic acids is 1. The smallest absolute Gasteiger partial charge is 0.275 e. The topological polar surface area (TPSA) is 70.9 Å². The third-order valence-electron chi connectivity index (χ3n) is 5.22. The summed E-state index contributed by atoms with van der Waals surface area (Å²) in [7, 11) is -3.48. The third-order valence-corrected chi connectivity index (χ3v) is 7.13. The van der Waals surface area contributed by atoms with Crippen molar-refractivity contribution in [1.82, 2.24) is 9.62 Å². The molecular formula is C20H34N3O3S+. The Balaban J connectivity index is 1.95. The van der Waals surface area contributed by atoms with Crippen LogP contribution in [0.1, 0.15) is 46.6 Å². The molecule has 0 radical (unpaired) electrons. The first-order valence-electron chi connectivity index (χ1n) is 9.77. The monoisotopic (exact) mass is 396 g/mol. The van der Waals surface area contributed by atoms with Gasteiger partial charge in [0.15, 0.2) is 6.54 Å².